The Morgan fingerprint density at radius 1 is 1.11 bits per heavy atom. The second-order valence-corrected chi connectivity index (χ2v) is 10.3. The van der Waals surface area contributed by atoms with Crippen molar-refractivity contribution in [2.24, 2.45) is 5.92 Å². The molecule has 2 amide bonds. The molecule has 8 heteroatoms. The largest absolute Gasteiger partial charge is 0.493 e. The summed E-state index contributed by atoms with van der Waals surface area (Å²) in [6, 6.07) is 14.9. The Morgan fingerprint density at radius 2 is 1.92 bits per heavy atom. The highest BCUT2D eigenvalue weighted by molar-refractivity contribution is 7.10. The Labute approximate surface area is 214 Å². The van der Waals surface area contributed by atoms with Crippen molar-refractivity contribution in [1.82, 2.24) is 9.80 Å². The Bertz CT molecular complexity index is 1240. The molecule has 0 unspecified atom stereocenters. The van der Waals surface area contributed by atoms with Gasteiger partial charge < -0.3 is 19.3 Å². The molecule has 0 spiro atoms. The van der Waals surface area contributed by atoms with Crippen LogP contribution in [-0.4, -0.2) is 55.0 Å². The third-order valence-electron chi connectivity index (χ3n) is 6.74. The molecule has 2 aliphatic rings. The normalized spacial score (nSPS) is 16.8. The fourth-order valence-electron chi connectivity index (χ4n) is 4.67. The van der Waals surface area contributed by atoms with Crippen LogP contribution in [0.25, 0.3) is 0 Å². The number of methoxy groups -OCH3 is 1. The summed E-state index contributed by atoms with van der Waals surface area (Å²) in [7, 11) is 1.60. The van der Waals surface area contributed by atoms with Crippen LogP contribution in [0.4, 0.5) is 4.39 Å². The Morgan fingerprint density at radius 3 is 2.67 bits per heavy atom. The maximum atomic E-state index is 13.8. The highest BCUT2D eigenvalue weighted by Crippen LogP contribution is 2.36. The van der Waals surface area contributed by atoms with Crippen LogP contribution < -0.4 is 9.47 Å². The zero-order valence-electron chi connectivity index (χ0n) is 20.2. The average Bonchev–Trinajstić information content (AvgIpc) is 3.58. The molecule has 1 aliphatic carbocycles. The summed E-state index contributed by atoms with van der Waals surface area (Å²) in [4.78, 5) is 31.6. The number of ether oxygens (including phenoxy) is 2. The Balaban J connectivity index is 1.35. The van der Waals surface area contributed by atoms with Gasteiger partial charge in [-0.1, -0.05) is 18.2 Å². The highest BCUT2D eigenvalue weighted by Gasteiger charge is 2.35. The molecule has 2 aromatic carbocycles. The first-order valence-electron chi connectivity index (χ1n) is 12.2. The van der Waals surface area contributed by atoms with E-state index >= 15 is 0 Å². The van der Waals surface area contributed by atoms with Crippen LogP contribution in [-0.2, 0) is 11.2 Å². The summed E-state index contributed by atoms with van der Waals surface area (Å²) in [5.41, 5.74) is 1.35. The number of fused-ring (bicyclic) bond motifs is 1. The lowest BCUT2D eigenvalue weighted by molar-refractivity contribution is -0.135. The number of hydrogen-bond acceptors (Lipinski definition) is 5. The third kappa shape index (κ3) is 5.38. The molecule has 1 aliphatic heterocycles. The van der Waals surface area contributed by atoms with Gasteiger partial charge in [0.05, 0.1) is 13.2 Å². The van der Waals surface area contributed by atoms with Gasteiger partial charge in [0.25, 0.3) is 5.91 Å². The number of nitrogens with zero attached hydrogens (tertiary/aromatic N) is 2. The summed E-state index contributed by atoms with van der Waals surface area (Å²) in [6.45, 7) is 1.28. The first kappa shape index (κ1) is 24.3. The molecule has 1 saturated carbocycles. The van der Waals surface area contributed by atoms with Crippen LogP contribution in [0.5, 0.6) is 11.5 Å². The molecule has 36 heavy (non-hydrogen) atoms. The monoisotopic (exact) mass is 508 g/mol. The van der Waals surface area contributed by atoms with Gasteiger partial charge in [-0.05, 0) is 72.5 Å². The van der Waals surface area contributed by atoms with Crippen molar-refractivity contribution in [1.29, 1.82) is 0 Å². The number of carbonyl (C=O) groups is 2. The number of para-hydroxylation sites is 2. The van der Waals surface area contributed by atoms with Crippen molar-refractivity contribution in [3.05, 3.63) is 81.8 Å². The lowest BCUT2D eigenvalue weighted by Crippen LogP contribution is -2.48. The van der Waals surface area contributed by atoms with Gasteiger partial charge in [0.2, 0.25) is 5.91 Å². The van der Waals surface area contributed by atoms with Gasteiger partial charge in [0.15, 0.2) is 11.5 Å². The lowest BCUT2D eigenvalue weighted by atomic mass is 10.00. The number of halogens is 1. The van der Waals surface area contributed by atoms with Crippen LogP contribution in [0.1, 0.15) is 39.7 Å². The van der Waals surface area contributed by atoms with Gasteiger partial charge in [-0.15, -0.1) is 11.3 Å². The number of hydrogen-bond donors (Lipinski definition) is 0. The van der Waals surface area contributed by atoms with E-state index in [1.807, 2.05) is 34.5 Å². The fourth-order valence-corrected chi connectivity index (χ4v) is 5.60. The molecule has 1 aromatic heterocycles. The Kier molecular flexibility index (Phi) is 7.23. The molecule has 188 valence electrons. The van der Waals surface area contributed by atoms with E-state index < -0.39 is 5.82 Å². The van der Waals surface area contributed by atoms with Crippen LogP contribution >= 0.6 is 11.3 Å². The van der Waals surface area contributed by atoms with Crippen LogP contribution in [0.2, 0.25) is 0 Å². The molecule has 1 fully saturated rings. The van der Waals surface area contributed by atoms with E-state index in [4.69, 9.17) is 9.47 Å². The van der Waals surface area contributed by atoms with Crippen LogP contribution in [0.3, 0.4) is 0 Å². The van der Waals surface area contributed by atoms with E-state index in [-0.39, 0.29) is 36.6 Å². The molecular formula is C28H29FN2O4S. The molecule has 3 aromatic rings. The SMILES string of the molecule is COc1ccccc1OC[C@@H]1c2ccsc2CCN1C(=O)CN(CC1CC1)C(=O)c1cccc(F)c1. The first-order valence-corrected chi connectivity index (χ1v) is 13.1. The van der Waals surface area contributed by atoms with Gasteiger partial charge >= 0.3 is 0 Å². The van der Waals surface area contributed by atoms with E-state index in [2.05, 4.69) is 6.07 Å². The summed E-state index contributed by atoms with van der Waals surface area (Å²) < 4.78 is 25.4. The zero-order valence-corrected chi connectivity index (χ0v) is 21.0. The van der Waals surface area contributed by atoms with Gasteiger partial charge in [-0.2, -0.15) is 0 Å². The topological polar surface area (TPSA) is 59.1 Å². The van der Waals surface area contributed by atoms with Crippen molar-refractivity contribution < 1.29 is 23.5 Å². The molecule has 0 N–H and O–H groups in total. The number of benzene rings is 2. The number of carbonyl (C=O) groups excluding carboxylic acids is 2. The molecule has 2 heterocycles. The number of amides is 2. The molecule has 0 saturated heterocycles. The van der Waals surface area contributed by atoms with E-state index in [1.54, 1.807) is 29.4 Å². The van der Waals surface area contributed by atoms with E-state index in [1.165, 1.54) is 23.1 Å². The maximum absolute atomic E-state index is 13.8. The second kappa shape index (κ2) is 10.7. The summed E-state index contributed by atoms with van der Waals surface area (Å²) in [5.74, 6) is 0.730. The van der Waals surface area contributed by atoms with Crippen molar-refractivity contribution in [3.8, 4) is 11.5 Å². The van der Waals surface area contributed by atoms with Gasteiger partial charge in [-0.25, -0.2) is 4.39 Å². The molecule has 5 rings (SSSR count). The van der Waals surface area contributed by atoms with Crippen molar-refractivity contribution in [3.63, 3.8) is 0 Å². The quantitative estimate of drug-likeness (QED) is 0.410. The molecule has 6 nitrogen and oxygen atoms in total. The van der Waals surface area contributed by atoms with E-state index in [0.29, 0.717) is 30.5 Å². The van der Waals surface area contributed by atoms with E-state index in [0.717, 1.165) is 24.8 Å². The Hall–Kier alpha value is -3.39. The summed E-state index contributed by atoms with van der Waals surface area (Å²) >= 11 is 1.69. The third-order valence-corrected chi connectivity index (χ3v) is 7.74. The van der Waals surface area contributed by atoms with Gasteiger partial charge in [0, 0.05) is 23.5 Å². The van der Waals surface area contributed by atoms with Crippen molar-refractivity contribution in [2.45, 2.75) is 25.3 Å². The van der Waals surface area contributed by atoms with Crippen LogP contribution in [0.15, 0.2) is 60.0 Å². The van der Waals surface area contributed by atoms with Crippen LogP contribution in [0, 0.1) is 11.7 Å². The van der Waals surface area contributed by atoms with Gasteiger partial charge in [0.1, 0.15) is 19.0 Å². The summed E-state index contributed by atoms with van der Waals surface area (Å²) in [6.07, 6.45) is 2.85. The molecule has 0 radical (unpaired) electrons. The number of thiophene rings is 1. The molecule has 0 bridgehead atoms. The summed E-state index contributed by atoms with van der Waals surface area (Å²) in [5, 5.41) is 2.04. The predicted molar refractivity (Wildman–Crippen MR) is 136 cm³/mol. The predicted octanol–water partition coefficient (Wildman–Crippen LogP) is 4.95. The number of rotatable bonds is 9. The standard InChI is InChI=1S/C28H29FN2O4S/c1-34-24-7-2-3-8-25(24)35-18-23-22-12-14-36-26(22)11-13-31(23)27(32)17-30(16-19-9-10-19)28(33)20-5-4-6-21(29)15-20/h2-8,12,14-15,19,23H,9-11,13,16-18H2,1H3/t23-/m1/s1. The molecule has 1 atom stereocenters. The smallest absolute Gasteiger partial charge is 0.254 e. The zero-order chi connectivity index (χ0) is 25.1. The van der Waals surface area contributed by atoms with E-state index in [9.17, 15) is 14.0 Å². The lowest BCUT2D eigenvalue weighted by Gasteiger charge is -2.37. The average molecular weight is 509 g/mol. The molecular weight excluding hydrogens is 479 g/mol. The van der Waals surface area contributed by atoms with Crippen molar-refractivity contribution in [2.75, 3.05) is 33.4 Å². The van der Waals surface area contributed by atoms with Crippen molar-refractivity contribution >= 4 is 23.2 Å². The van der Waals surface area contributed by atoms with Gasteiger partial charge in [-0.3, -0.25) is 9.59 Å². The fraction of sp³-hybridized carbons (Fsp3) is 0.357. The minimum atomic E-state index is -0.465. The first-order chi connectivity index (χ1) is 17.5. The minimum absolute atomic E-state index is 0.0452. The maximum Gasteiger partial charge on any atom is 0.254 e. The second-order valence-electron chi connectivity index (χ2n) is 9.25. The highest BCUT2D eigenvalue weighted by atomic mass is 32.1. The minimum Gasteiger partial charge on any atom is -0.493 e.